The van der Waals surface area contributed by atoms with Crippen molar-refractivity contribution in [1.82, 2.24) is 19.9 Å². The molecule has 0 fully saturated rings. The number of nitrogens with zero attached hydrogens (tertiary/aromatic N) is 2. The molecule has 8 bridgehead atoms. The quantitative estimate of drug-likeness (QED) is 0.249. The minimum atomic E-state index is -4.02. The van der Waals surface area contributed by atoms with Gasteiger partial charge >= 0.3 is 7.60 Å². The molecule has 0 amide bonds. The number of fused-ring (bicyclic) bond motifs is 8. The Morgan fingerprint density at radius 2 is 0.912 bits per heavy atom. The highest BCUT2D eigenvalue weighted by molar-refractivity contribution is 7.60. The summed E-state index contributed by atoms with van der Waals surface area (Å²) < 4.78 is 10.5. The van der Waals surface area contributed by atoms with Crippen LogP contribution in [0.15, 0.2) is 78.9 Å². The van der Waals surface area contributed by atoms with Crippen LogP contribution >= 0.6 is 7.60 Å². The van der Waals surface area contributed by atoms with Crippen molar-refractivity contribution in [2.75, 3.05) is 0 Å². The first-order valence-corrected chi connectivity index (χ1v) is 12.2. The maximum Gasteiger partial charge on any atom is 0.356 e. The predicted octanol–water partition coefficient (Wildman–Crippen LogP) is 5.15. The van der Waals surface area contributed by atoms with Gasteiger partial charge in [-0.1, -0.05) is 18.2 Å². The van der Waals surface area contributed by atoms with Gasteiger partial charge in [-0.2, -0.15) is 0 Å². The highest BCUT2D eigenvalue weighted by atomic mass is 31.2. The molecule has 4 N–H and O–H groups in total. The lowest BCUT2D eigenvalue weighted by atomic mass is 10.3. The number of benzene rings is 1. The van der Waals surface area contributed by atoms with Crippen LogP contribution < -0.4 is 5.30 Å². The zero-order valence-corrected chi connectivity index (χ0v) is 18.9. The van der Waals surface area contributed by atoms with E-state index in [1.54, 1.807) is 18.2 Å². The molecule has 8 heteroatoms. The van der Waals surface area contributed by atoms with Crippen molar-refractivity contribution >= 4 is 59.3 Å². The van der Waals surface area contributed by atoms with Crippen LogP contribution in [-0.4, -0.2) is 29.7 Å². The molecule has 168 valence electrons. The molecule has 0 radical (unpaired) electrons. The van der Waals surface area contributed by atoms with E-state index in [1.807, 2.05) is 48.6 Å². The average molecular weight is 468 g/mol. The Kier molecular flexibility index (Phi) is 5.82. The number of hydrogen-bond acceptors (Lipinski definition) is 3. The van der Waals surface area contributed by atoms with Crippen LogP contribution in [0, 0.1) is 0 Å². The molecule has 34 heavy (non-hydrogen) atoms. The van der Waals surface area contributed by atoms with Gasteiger partial charge in [0.25, 0.3) is 0 Å². The van der Waals surface area contributed by atoms with Gasteiger partial charge in [-0.15, -0.1) is 0 Å². The van der Waals surface area contributed by atoms with E-state index in [9.17, 15) is 4.57 Å². The summed E-state index contributed by atoms with van der Waals surface area (Å²) >= 11 is 0. The van der Waals surface area contributed by atoms with Gasteiger partial charge < -0.3 is 19.8 Å². The van der Waals surface area contributed by atoms with E-state index >= 15 is 0 Å². The molecule has 1 aromatic carbocycles. The highest BCUT2D eigenvalue weighted by Gasteiger charge is 2.14. The molecule has 3 aromatic heterocycles. The highest BCUT2D eigenvalue weighted by Crippen LogP contribution is 2.32. The Balaban J connectivity index is 0.000000204. The van der Waals surface area contributed by atoms with Gasteiger partial charge in [0.1, 0.15) is 0 Å². The number of nitrogens with one attached hydrogen (secondary N) is 2. The van der Waals surface area contributed by atoms with Crippen molar-refractivity contribution in [3.05, 3.63) is 102 Å². The van der Waals surface area contributed by atoms with Gasteiger partial charge in [0.05, 0.1) is 28.1 Å². The van der Waals surface area contributed by atoms with Gasteiger partial charge in [0, 0.05) is 22.1 Å². The number of aromatic nitrogens is 4. The zero-order valence-electron chi connectivity index (χ0n) is 18.0. The summed E-state index contributed by atoms with van der Waals surface area (Å²) in [6, 6.07) is 24.1. The predicted molar refractivity (Wildman–Crippen MR) is 137 cm³/mol. The van der Waals surface area contributed by atoms with E-state index in [0.29, 0.717) is 0 Å². The Hall–Kier alpha value is -4.03. The van der Waals surface area contributed by atoms with Gasteiger partial charge in [0.2, 0.25) is 0 Å². The van der Waals surface area contributed by atoms with E-state index in [4.69, 9.17) is 9.79 Å². The van der Waals surface area contributed by atoms with Crippen LogP contribution in [-0.2, 0) is 4.57 Å². The first kappa shape index (κ1) is 21.8. The second-order valence-corrected chi connectivity index (χ2v) is 9.39. The zero-order chi connectivity index (χ0) is 23.5. The van der Waals surface area contributed by atoms with Gasteiger partial charge in [-0.3, -0.25) is 4.57 Å². The van der Waals surface area contributed by atoms with Crippen LogP contribution in [0.5, 0.6) is 0 Å². The van der Waals surface area contributed by atoms with E-state index in [1.165, 1.54) is 12.1 Å². The fourth-order valence-electron chi connectivity index (χ4n) is 3.57. The third-order valence-electron chi connectivity index (χ3n) is 5.13. The summed E-state index contributed by atoms with van der Waals surface area (Å²) in [7, 11) is -4.02. The topological polar surface area (TPSA) is 115 Å². The van der Waals surface area contributed by atoms with Gasteiger partial charge in [0.15, 0.2) is 0 Å². The molecular formula is C26H21N4O3P. The summed E-state index contributed by atoms with van der Waals surface area (Å²) in [5.74, 6) is 0. The molecule has 0 spiro atoms. The second kappa shape index (κ2) is 9.08. The summed E-state index contributed by atoms with van der Waals surface area (Å²) in [6.07, 6.45) is 8.09. The summed E-state index contributed by atoms with van der Waals surface area (Å²) in [5.41, 5.74) is 7.86. The van der Waals surface area contributed by atoms with E-state index in [-0.39, 0.29) is 5.30 Å². The Morgan fingerprint density at radius 3 is 1.21 bits per heavy atom. The van der Waals surface area contributed by atoms with Crippen LogP contribution in [0.4, 0.5) is 0 Å². The SMILES string of the molecule is C1=Cc2cc3ccc(cc4nc(cc5ccc(cc1n2)[nH]5)C=C4)[nH]3.O=P(O)(O)c1ccccc1. The third-order valence-corrected chi connectivity index (χ3v) is 6.11. The average Bonchev–Trinajstić information content (AvgIpc) is 3.60. The van der Waals surface area contributed by atoms with Crippen LogP contribution in [0.3, 0.4) is 0 Å². The summed E-state index contributed by atoms with van der Waals surface area (Å²) in [5, 5.41) is 0.0648. The molecule has 0 unspecified atom stereocenters. The second-order valence-electron chi connectivity index (χ2n) is 7.78. The molecule has 2 aliphatic rings. The molecule has 6 rings (SSSR count). The van der Waals surface area contributed by atoms with Crippen LogP contribution in [0.2, 0.25) is 0 Å². The third kappa shape index (κ3) is 5.30. The lowest BCUT2D eigenvalue weighted by molar-refractivity contribution is 0.387. The molecule has 0 atom stereocenters. The van der Waals surface area contributed by atoms with Crippen molar-refractivity contribution in [2.45, 2.75) is 0 Å². The fourth-order valence-corrected chi connectivity index (χ4v) is 4.13. The largest absolute Gasteiger partial charge is 0.356 e. The summed E-state index contributed by atoms with van der Waals surface area (Å²) in [4.78, 5) is 33.2. The molecule has 7 nitrogen and oxygen atoms in total. The minimum absolute atomic E-state index is 0.0648. The van der Waals surface area contributed by atoms with Crippen LogP contribution in [0.1, 0.15) is 22.8 Å². The molecule has 2 aliphatic heterocycles. The maximum atomic E-state index is 10.5. The molecular weight excluding hydrogens is 447 g/mol. The Bertz CT molecular complexity index is 1440. The number of aromatic amines is 2. The Labute approximate surface area is 195 Å². The first-order valence-electron chi connectivity index (χ1n) is 10.6. The lowest BCUT2D eigenvalue weighted by Crippen LogP contribution is -2.01. The Morgan fingerprint density at radius 1 is 0.559 bits per heavy atom. The molecule has 0 saturated carbocycles. The van der Waals surface area contributed by atoms with Crippen molar-refractivity contribution < 1.29 is 14.4 Å². The van der Waals surface area contributed by atoms with Crippen LogP contribution in [0.25, 0.3) is 46.4 Å². The standard InChI is InChI=1S/C20H14N4.C6H7O3P/c1-2-14-10-16-5-6-18(23-16)12-20-8-7-19(24-20)11-17-4-3-15(22-17)9-13(1)21-14;7-10(8,9)6-4-2-1-3-5-6/h1-12,21,24H;1-5H,(H2,7,8,9). The van der Waals surface area contributed by atoms with E-state index in [0.717, 1.165) is 44.8 Å². The summed E-state index contributed by atoms with van der Waals surface area (Å²) in [6.45, 7) is 0. The van der Waals surface area contributed by atoms with Crippen molar-refractivity contribution in [3.8, 4) is 0 Å². The first-order chi connectivity index (χ1) is 16.4. The van der Waals surface area contributed by atoms with Gasteiger partial charge in [-0.05, 0) is 85.0 Å². The van der Waals surface area contributed by atoms with Crippen molar-refractivity contribution in [3.63, 3.8) is 0 Å². The smallest absolute Gasteiger partial charge is 0.355 e. The van der Waals surface area contributed by atoms with E-state index in [2.05, 4.69) is 44.2 Å². The van der Waals surface area contributed by atoms with Crippen molar-refractivity contribution in [1.29, 1.82) is 0 Å². The number of hydrogen-bond donors (Lipinski definition) is 4. The number of H-pyrrole nitrogens is 2. The molecule has 5 heterocycles. The lowest BCUT2D eigenvalue weighted by Gasteiger charge is -2.00. The number of rotatable bonds is 1. The fraction of sp³-hybridized carbons (Fsp3) is 0. The maximum absolute atomic E-state index is 10.5. The molecule has 4 aromatic rings. The molecule has 0 aliphatic carbocycles. The normalized spacial score (nSPS) is 12.3. The molecule has 0 saturated heterocycles. The minimum Gasteiger partial charge on any atom is -0.355 e. The van der Waals surface area contributed by atoms with Gasteiger partial charge in [-0.25, -0.2) is 9.97 Å². The van der Waals surface area contributed by atoms with E-state index < -0.39 is 7.60 Å². The monoisotopic (exact) mass is 468 g/mol. The van der Waals surface area contributed by atoms with Crippen molar-refractivity contribution in [2.24, 2.45) is 0 Å².